The number of carbonyl (C=O) groups is 2. The second-order valence-electron chi connectivity index (χ2n) is 6.39. The van der Waals surface area contributed by atoms with Gasteiger partial charge in [-0.25, -0.2) is 0 Å². The predicted octanol–water partition coefficient (Wildman–Crippen LogP) is 4.97. The van der Waals surface area contributed by atoms with Crippen LogP contribution in [0.4, 0.5) is 0 Å². The molecule has 0 aromatic heterocycles. The van der Waals surface area contributed by atoms with Crippen LogP contribution in [0.5, 0.6) is 0 Å². The molecule has 0 amide bonds. The zero-order chi connectivity index (χ0) is 19.4. The molecule has 144 valence electrons. The number of aliphatic hydroxyl groups is 1. The summed E-state index contributed by atoms with van der Waals surface area (Å²) in [5.74, 6) is -0.340. The summed E-state index contributed by atoms with van der Waals surface area (Å²) in [6, 6.07) is 0. The largest absolute Gasteiger partial charge is 0.469 e. The van der Waals surface area contributed by atoms with Crippen molar-refractivity contribution in [1.29, 1.82) is 0 Å². The summed E-state index contributed by atoms with van der Waals surface area (Å²) in [6.45, 7) is 2.17. The maximum Gasteiger partial charge on any atom is 0.305 e. The van der Waals surface area contributed by atoms with E-state index in [9.17, 15) is 14.7 Å². The van der Waals surface area contributed by atoms with Crippen LogP contribution in [0.25, 0.3) is 0 Å². The van der Waals surface area contributed by atoms with E-state index in [1.807, 2.05) is 34.7 Å². The molecular formula is C21H29IO4. The van der Waals surface area contributed by atoms with Crippen molar-refractivity contribution in [2.24, 2.45) is 0 Å². The van der Waals surface area contributed by atoms with Gasteiger partial charge in [0.05, 0.1) is 10.7 Å². The number of rotatable bonds is 11. The maximum absolute atomic E-state index is 12.3. The van der Waals surface area contributed by atoms with Crippen molar-refractivity contribution in [2.75, 3.05) is 7.11 Å². The molecule has 4 nitrogen and oxygen atoms in total. The van der Waals surface area contributed by atoms with E-state index in [2.05, 4.69) is 17.7 Å². The van der Waals surface area contributed by atoms with E-state index >= 15 is 0 Å². The minimum absolute atomic E-state index is 0.119. The van der Waals surface area contributed by atoms with Crippen molar-refractivity contribution >= 4 is 34.3 Å². The van der Waals surface area contributed by atoms with E-state index in [0.717, 1.165) is 12.8 Å². The van der Waals surface area contributed by atoms with Gasteiger partial charge in [-0.1, -0.05) is 50.1 Å². The van der Waals surface area contributed by atoms with Gasteiger partial charge in [0.1, 0.15) is 5.60 Å². The molecule has 0 unspecified atom stereocenters. The minimum atomic E-state index is -1.23. The molecule has 0 aromatic rings. The molecule has 0 bridgehead atoms. The molecule has 0 aromatic carbocycles. The average molecular weight is 472 g/mol. The topological polar surface area (TPSA) is 63.6 Å². The first-order valence-corrected chi connectivity index (χ1v) is 10.3. The highest BCUT2D eigenvalue weighted by Gasteiger charge is 2.39. The normalized spacial score (nSPS) is 21.9. The zero-order valence-corrected chi connectivity index (χ0v) is 17.8. The molecule has 0 fully saturated rings. The van der Waals surface area contributed by atoms with E-state index in [1.54, 1.807) is 18.2 Å². The van der Waals surface area contributed by atoms with Crippen molar-refractivity contribution in [2.45, 2.75) is 63.9 Å². The van der Waals surface area contributed by atoms with Gasteiger partial charge in [0.2, 0.25) is 0 Å². The van der Waals surface area contributed by atoms with Gasteiger partial charge in [0.15, 0.2) is 5.78 Å². The predicted molar refractivity (Wildman–Crippen MR) is 113 cm³/mol. The first-order valence-electron chi connectivity index (χ1n) is 9.19. The summed E-state index contributed by atoms with van der Waals surface area (Å²) in [7, 11) is 1.38. The van der Waals surface area contributed by atoms with E-state index < -0.39 is 5.60 Å². The fourth-order valence-corrected chi connectivity index (χ4v) is 3.49. The Morgan fingerprint density at radius 2 is 1.96 bits per heavy atom. The molecule has 1 atom stereocenters. The van der Waals surface area contributed by atoms with Crippen LogP contribution in [-0.4, -0.2) is 29.6 Å². The summed E-state index contributed by atoms with van der Waals surface area (Å²) in [6.07, 6.45) is 17.8. The molecule has 1 N–H and O–H groups in total. The third kappa shape index (κ3) is 7.58. The lowest BCUT2D eigenvalue weighted by Gasteiger charge is -2.20. The third-order valence-corrected chi connectivity index (χ3v) is 5.04. The molecule has 1 aliphatic rings. The Hall–Kier alpha value is -1.21. The Kier molecular flexibility index (Phi) is 10.7. The Morgan fingerprint density at radius 3 is 2.65 bits per heavy atom. The van der Waals surface area contributed by atoms with Crippen LogP contribution in [0.1, 0.15) is 58.3 Å². The van der Waals surface area contributed by atoms with Gasteiger partial charge in [0, 0.05) is 18.4 Å². The van der Waals surface area contributed by atoms with Crippen LogP contribution >= 0.6 is 22.6 Å². The smallest absolute Gasteiger partial charge is 0.305 e. The number of Topliss-reactive ketones (excluding diaryl/α,β-unsaturated/α-hetero) is 1. The van der Waals surface area contributed by atoms with Crippen molar-refractivity contribution in [3.8, 4) is 0 Å². The number of hydrogen-bond donors (Lipinski definition) is 1. The van der Waals surface area contributed by atoms with Crippen LogP contribution in [-0.2, 0) is 14.3 Å². The number of esters is 1. The number of hydrogen-bond acceptors (Lipinski definition) is 4. The number of ether oxygens (including phenoxy) is 1. The number of ketones is 1. The Bertz CT molecular complexity index is 601. The molecule has 26 heavy (non-hydrogen) atoms. The summed E-state index contributed by atoms with van der Waals surface area (Å²) < 4.78 is 5.14. The summed E-state index contributed by atoms with van der Waals surface area (Å²) >= 11 is 1.97. The molecule has 1 aliphatic carbocycles. The minimum Gasteiger partial charge on any atom is -0.469 e. The highest BCUT2D eigenvalue weighted by atomic mass is 127. The number of halogens is 1. The SMILES string of the molecule is CCCCC/C=C/C[C@@]1(O)C=C(I)C(=O)/C1=C\C=C/CCCC(=O)OC. The van der Waals surface area contributed by atoms with Crippen LogP contribution in [0, 0.1) is 0 Å². The van der Waals surface area contributed by atoms with E-state index in [0.29, 0.717) is 34.8 Å². The van der Waals surface area contributed by atoms with Crippen LogP contribution in [0.15, 0.2) is 45.6 Å². The van der Waals surface area contributed by atoms with Gasteiger partial charge in [-0.3, -0.25) is 9.59 Å². The van der Waals surface area contributed by atoms with E-state index in [1.165, 1.54) is 20.0 Å². The summed E-state index contributed by atoms with van der Waals surface area (Å²) in [5.41, 5.74) is -0.824. The molecule has 0 radical (unpaired) electrons. The quantitative estimate of drug-likeness (QED) is 0.152. The van der Waals surface area contributed by atoms with Gasteiger partial charge in [-0.05, 0) is 54.4 Å². The lowest BCUT2D eigenvalue weighted by Crippen LogP contribution is -2.27. The van der Waals surface area contributed by atoms with Crippen molar-refractivity contribution in [1.82, 2.24) is 0 Å². The number of allylic oxidation sites excluding steroid dienone is 5. The zero-order valence-electron chi connectivity index (χ0n) is 15.7. The number of methoxy groups -OCH3 is 1. The fourth-order valence-electron chi connectivity index (χ4n) is 2.69. The fraction of sp³-hybridized carbons (Fsp3) is 0.524. The lowest BCUT2D eigenvalue weighted by molar-refractivity contribution is -0.140. The Morgan fingerprint density at radius 1 is 1.23 bits per heavy atom. The molecule has 1 rings (SSSR count). The van der Waals surface area contributed by atoms with Gasteiger partial charge in [-0.15, -0.1) is 0 Å². The standard InChI is InChI=1S/C21H29IO4/c1-3-4-5-6-9-12-15-21(25)16-18(22)20(24)17(21)13-10-7-8-11-14-19(23)26-2/h7,9-10,12-13,16,25H,3-6,8,11,14-15H2,1-2H3/b10-7-,12-9+,17-13+/t21-/m1/s1. The number of carbonyl (C=O) groups excluding carboxylic acids is 2. The Labute approximate surface area is 170 Å². The number of unbranched alkanes of at least 4 members (excludes halogenated alkanes) is 4. The van der Waals surface area contributed by atoms with Gasteiger partial charge in [-0.2, -0.15) is 0 Å². The lowest BCUT2D eigenvalue weighted by atomic mass is 9.92. The van der Waals surface area contributed by atoms with Crippen molar-refractivity contribution in [3.63, 3.8) is 0 Å². The van der Waals surface area contributed by atoms with Crippen LogP contribution < -0.4 is 0 Å². The maximum atomic E-state index is 12.3. The van der Waals surface area contributed by atoms with Crippen molar-refractivity contribution in [3.05, 3.63) is 45.6 Å². The first-order chi connectivity index (χ1) is 12.4. The first kappa shape index (κ1) is 22.8. The molecule has 5 heteroatoms. The Balaban J connectivity index is 2.62. The van der Waals surface area contributed by atoms with Crippen molar-refractivity contribution < 1.29 is 19.4 Å². The monoisotopic (exact) mass is 472 g/mol. The second kappa shape index (κ2) is 12.2. The highest BCUT2D eigenvalue weighted by molar-refractivity contribution is 14.1. The third-order valence-electron chi connectivity index (χ3n) is 4.24. The van der Waals surface area contributed by atoms with Gasteiger partial charge >= 0.3 is 5.97 Å². The molecule has 0 aliphatic heterocycles. The summed E-state index contributed by atoms with van der Waals surface area (Å²) in [5, 5.41) is 10.9. The van der Waals surface area contributed by atoms with E-state index in [-0.39, 0.29) is 11.8 Å². The average Bonchev–Trinajstić information content (AvgIpc) is 2.83. The highest BCUT2D eigenvalue weighted by Crippen LogP contribution is 2.36. The molecule has 0 saturated carbocycles. The second-order valence-corrected chi connectivity index (χ2v) is 7.56. The molecule has 0 heterocycles. The molecule has 0 saturated heterocycles. The van der Waals surface area contributed by atoms with Crippen LogP contribution in [0.2, 0.25) is 0 Å². The molecule has 0 spiro atoms. The molecular weight excluding hydrogens is 443 g/mol. The van der Waals surface area contributed by atoms with Crippen LogP contribution in [0.3, 0.4) is 0 Å². The van der Waals surface area contributed by atoms with E-state index in [4.69, 9.17) is 0 Å². The van der Waals surface area contributed by atoms with Gasteiger partial charge < -0.3 is 9.84 Å². The summed E-state index contributed by atoms with van der Waals surface area (Å²) in [4.78, 5) is 23.4. The van der Waals surface area contributed by atoms with Gasteiger partial charge in [0.25, 0.3) is 0 Å².